The molecule has 0 bridgehead atoms. The SMILES string of the molecule is COc1cc(B2OC(C)(C)C(C)(C)O2)ccc1C(=O)NCC(F)F. The van der Waals surface area contributed by atoms with Crippen molar-refractivity contribution in [1.82, 2.24) is 5.32 Å². The Morgan fingerprint density at radius 2 is 1.83 bits per heavy atom. The molecule has 1 saturated heterocycles. The number of rotatable bonds is 5. The molecular weight excluding hydrogens is 319 g/mol. The molecule has 1 amide bonds. The lowest BCUT2D eigenvalue weighted by molar-refractivity contribution is 0.00578. The van der Waals surface area contributed by atoms with Crippen LogP contribution in [0.2, 0.25) is 0 Å². The fraction of sp³-hybridized carbons (Fsp3) is 0.562. The van der Waals surface area contributed by atoms with E-state index in [1.807, 2.05) is 27.7 Å². The third kappa shape index (κ3) is 3.70. The molecule has 0 atom stereocenters. The summed E-state index contributed by atoms with van der Waals surface area (Å²) in [7, 11) is 0.815. The summed E-state index contributed by atoms with van der Waals surface area (Å²) in [5.41, 5.74) is -0.106. The molecule has 1 aromatic rings. The highest BCUT2D eigenvalue weighted by Crippen LogP contribution is 2.36. The van der Waals surface area contributed by atoms with Crippen LogP contribution in [0.25, 0.3) is 0 Å². The molecule has 1 N–H and O–H groups in total. The Hall–Kier alpha value is -1.67. The summed E-state index contributed by atoms with van der Waals surface area (Å²) in [6.07, 6.45) is -2.61. The van der Waals surface area contributed by atoms with Gasteiger partial charge in [0.25, 0.3) is 12.3 Å². The van der Waals surface area contributed by atoms with Crippen molar-refractivity contribution in [3.63, 3.8) is 0 Å². The van der Waals surface area contributed by atoms with Crippen LogP contribution in [-0.4, -0.2) is 44.3 Å². The van der Waals surface area contributed by atoms with Crippen molar-refractivity contribution in [2.75, 3.05) is 13.7 Å². The smallest absolute Gasteiger partial charge is 0.494 e. The van der Waals surface area contributed by atoms with E-state index < -0.39 is 37.2 Å². The van der Waals surface area contributed by atoms with Crippen molar-refractivity contribution in [2.24, 2.45) is 0 Å². The molecule has 8 heteroatoms. The second kappa shape index (κ2) is 6.68. The lowest BCUT2D eigenvalue weighted by atomic mass is 9.78. The van der Waals surface area contributed by atoms with E-state index in [0.717, 1.165) is 0 Å². The fourth-order valence-corrected chi connectivity index (χ4v) is 2.29. The van der Waals surface area contributed by atoms with Gasteiger partial charge in [0.15, 0.2) is 0 Å². The van der Waals surface area contributed by atoms with E-state index in [9.17, 15) is 13.6 Å². The maximum absolute atomic E-state index is 12.2. The van der Waals surface area contributed by atoms with Crippen LogP contribution in [0.15, 0.2) is 18.2 Å². The minimum Gasteiger partial charge on any atom is -0.496 e. The van der Waals surface area contributed by atoms with Crippen LogP contribution in [-0.2, 0) is 9.31 Å². The molecule has 0 spiro atoms. The Bertz CT molecular complexity index is 606. The van der Waals surface area contributed by atoms with E-state index in [0.29, 0.717) is 5.46 Å². The maximum atomic E-state index is 12.2. The number of nitrogens with one attached hydrogen (secondary N) is 1. The minimum atomic E-state index is -2.61. The summed E-state index contributed by atoms with van der Waals surface area (Å²) in [5.74, 6) is -0.346. The Labute approximate surface area is 140 Å². The average Bonchev–Trinajstić information content (AvgIpc) is 2.72. The number of carbonyl (C=O) groups excluding carboxylic acids is 1. The molecule has 1 heterocycles. The Balaban J connectivity index is 2.22. The number of halogens is 2. The van der Waals surface area contributed by atoms with Gasteiger partial charge in [-0.25, -0.2) is 8.78 Å². The molecule has 1 aromatic carbocycles. The first-order chi connectivity index (χ1) is 11.1. The lowest BCUT2D eigenvalue weighted by Crippen LogP contribution is -2.41. The summed E-state index contributed by atoms with van der Waals surface area (Å²) in [5, 5.41) is 2.16. The normalized spacial score (nSPS) is 18.8. The highest BCUT2D eigenvalue weighted by atomic mass is 19.3. The molecular formula is C16H22BF2NO4. The molecule has 5 nitrogen and oxygen atoms in total. The van der Waals surface area contributed by atoms with Gasteiger partial charge in [-0.2, -0.15) is 0 Å². The molecule has 24 heavy (non-hydrogen) atoms. The van der Waals surface area contributed by atoms with Crippen LogP contribution < -0.4 is 15.5 Å². The maximum Gasteiger partial charge on any atom is 0.494 e. The molecule has 0 saturated carbocycles. The minimum absolute atomic E-state index is 0.179. The summed E-state index contributed by atoms with van der Waals surface area (Å²) in [4.78, 5) is 12.0. The van der Waals surface area contributed by atoms with Gasteiger partial charge >= 0.3 is 7.12 Å². The molecule has 0 aromatic heterocycles. The quantitative estimate of drug-likeness (QED) is 0.833. The van der Waals surface area contributed by atoms with Gasteiger partial charge in [0.2, 0.25) is 0 Å². The van der Waals surface area contributed by atoms with Gasteiger partial charge in [-0.15, -0.1) is 0 Å². The van der Waals surface area contributed by atoms with E-state index in [4.69, 9.17) is 14.0 Å². The van der Waals surface area contributed by atoms with Crippen molar-refractivity contribution < 1.29 is 27.6 Å². The second-order valence-corrected chi connectivity index (χ2v) is 6.65. The van der Waals surface area contributed by atoms with Crippen LogP contribution in [0.1, 0.15) is 38.1 Å². The van der Waals surface area contributed by atoms with Gasteiger partial charge in [-0.3, -0.25) is 4.79 Å². The van der Waals surface area contributed by atoms with Crippen LogP contribution in [0, 0.1) is 0 Å². The number of hydrogen-bond acceptors (Lipinski definition) is 4. The zero-order valence-electron chi connectivity index (χ0n) is 14.5. The number of carbonyl (C=O) groups is 1. The van der Waals surface area contributed by atoms with Crippen molar-refractivity contribution in [3.05, 3.63) is 23.8 Å². The molecule has 1 aliphatic rings. The first-order valence-corrected chi connectivity index (χ1v) is 7.67. The van der Waals surface area contributed by atoms with Crippen LogP contribution in [0.3, 0.4) is 0 Å². The number of benzene rings is 1. The van der Waals surface area contributed by atoms with Gasteiger partial charge in [0.1, 0.15) is 5.75 Å². The third-order valence-electron chi connectivity index (χ3n) is 4.41. The Kier molecular flexibility index (Phi) is 5.20. The van der Waals surface area contributed by atoms with Crippen LogP contribution in [0.4, 0.5) is 8.78 Å². The molecule has 1 fully saturated rings. The van der Waals surface area contributed by atoms with Crippen LogP contribution >= 0.6 is 0 Å². The van der Waals surface area contributed by atoms with Crippen molar-refractivity contribution in [3.8, 4) is 5.75 Å². The van der Waals surface area contributed by atoms with Crippen molar-refractivity contribution in [2.45, 2.75) is 45.3 Å². The topological polar surface area (TPSA) is 56.8 Å². The Morgan fingerprint density at radius 1 is 1.25 bits per heavy atom. The van der Waals surface area contributed by atoms with E-state index >= 15 is 0 Å². The highest BCUT2D eigenvalue weighted by molar-refractivity contribution is 6.62. The first kappa shape index (κ1) is 18.7. The van der Waals surface area contributed by atoms with Crippen molar-refractivity contribution in [1.29, 1.82) is 0 Å². The predicted molar refractivity (Wildman–Crippen MR) is 87.0 cm³/mol. The summed E-state index contributed by atoms with van der Waals surface area (Å²) in [6.45, 7) is 7.06. The number of hydrogen-bond donors (Lipinski definition) is 1. The van der Waals surface area contributed by atoms with Crippen molar-refractivity contribution >= 4 is 18.5 Å². The average molecular weight is 341 g/mol. The first-order valence-electron chi connectivity index (χ1n) is 7.67. The molecule has 0 unspecified atom stereocenters. The van der Waals surface area contributed by atoms with E-state index in [1.165, 1.54) is 13.2 Å². The zero-order valence-corrected chi connectivity index (χ0v) is 14.5. The molecule has 2 rings (SSSR count). The van der Waals surface area contributed by atoms with Gasteiger partial charge < -0.3 is 19.4 Å². The van der Waals surface area contributed by atoms with E-state index in [-0.39, 0.29) is 11.3 Å². The summed E-state index contributed by atoms with van der Waals surface area (Å²) in [6, 6.07) is 4.81. The zero-order chi connectivity index (χ0) is 18.1. The summed E-state index contributed by atoms with van der Waals surface area (Å²) < 4.78 is 41.6. The van der Waals surface area contributed by atoms with Gasteiger partial charge in [0.05, 0.1) is 30.4 Å². The number of methoxy groups -OCH3 is 1. The highest BCUT2D eigenvalue weighted by Gasteiger charge is 2.51. The molecule has 0 aliphatic carbocycles. The fourth-order valence-electron chi connectivity index (χ4n) is 2.29. The third-order valence-corrected chi connectivity index (χ3v) is 4.41. The standard InChI is InChI=1S/C16H22BF2NO4/c1-15(2)16(3,4)24-17(23-15)10-6-7-11(12(8-10)22-5)14(21)20-9-13(18)19/h6-8,13H,9H2,1-5H3,(H,20,21). The molecule has 1 aliphatic heterocycles. The number of ether oxygens (including phenoxy) is 1. The number of amides is 1. The monoisotopic (exact) mass is 341 g/mol. The lowest BCUT2D eigenvalue weighted by Gasteiger charge is -2.32. The molecule has 132 valence electrons. The van der Waals surface area contributed by atoms with Gasteiger partial charge in [0, 0.05) is 0 Å². The van der Waals surface area contributed by atoms with E-state index in [1.54, 1.807) is 12.1 Å². The van der Waals surface area contributed by atoms with Crippen LogP contribution in [0.5, 0.6) is 5.75 Å². The largest absolute Gasteiger partial charge is 0.496 e. The second-order valence-electron chi connectivity index (χ2n) is 6.65. The molecule has 0 radical (unpaired) electrons. The number of alkyl halides is 2. The van der Waals surface area contributed by atoms with Gasteiger partial charge in [-0.05, 0) is 45.3 Å². The predicted octanol–water partition coefficient (Wildman–Crippen LogP) is 1.99. The summed E-state index contributed by atoms with van der Waals surface area (Å²) >= 11 is 0. The van der Waals surface area contributed by atoms with E-state index in [2.05, 4.69) is 5.32 Å². The van der Waals surface area contributed by atoms with Gasteiger partial charge in [-0.1, -0.05) is 6.07 Å². The Morgan fingerprint density at radius 3 is 2.33 bits per heavy atom.